The van der Waals surface area contributed by atoms with Crippen LogP contribution in [0.1, 0.15) is 28.2 Å². The number of carboxylic acid groups (broad SMARTS) is 1. The van der Waals surface area contributed by atoms with E-state index in [0.717, 1.165) is 27.6 Å². The molecule has 0 amide bonds. The van der Waals surface area contributed by atoms with E-state index in [1.54, 1.807) is 22.8 Å². The lowest BCUT2D eigenvalue weighted by molar-refractivity contribution is 0.197. The Hall–Kier alpha value is -4.38. The zero-order valence-electron chi connectivity index (χ0n) is 17.8. The van der Waals surface area contributed by atoms with Gasteiger partial charge < -0.3 is 9.67 Å². The van der Waals surface area contributed by atoms with E-state index >= 15 is 0 Å². The van der Waals surface area contributed by atoms with Crippen LogP contribution in [0.25, 0.3) is 10.9 Å². The van der Waals surface area contributed by atoms with Crippen LogP contribution in [0.15, 0.2) is 114 Å². The molecule has 0 saturated heterocycles. The maximum absolute atomic E-state index is 12.8. The average Bonchev–Trinajstić information content (AvgIpc) is 3.28. The number of pyridine rings is 1. The summed E-state index contributed by atoms with van der Waals surface area (Å²) in [6.07, 6.45) is 2.42. The molecule has 2 aromatic heterocycles. The van der Waals surface area contributed by atoms with Crippen LogP contribution in [0, 0.1) is 0 Å². The van der Waals surface area contributed by atoms with Crippen LogP contribution in [-0.2, 0) is 6.54 Å². The molecular formula is C28H22N2O3. The van der Waals surface area contributed by atoms with Gasteiger partial charge in [-0.15, -0.1) is 0 Å². The number of nitrogens with zero attached hydrogens (tertiary/aromatic N) is 2. The molecule has 33 heavy (non-hydrogen) atoms. The van der Waals surface area contributed by atoms with E-state index in [4.69, 9.17) is 0 Å². The van der Waals surface area contributed by atoms with Gasteiger partial charge in [0.15, 0.2) is 0 Å². The van der Waals surface area contributed by atoms with Gasteiger partial charge in [-0.2, -0.15) is 0 Å². The van der Waals surface area contributed by atoms with Crippen LogP contribution in [0.4, 0.5) is 4.79 Å². The number of carbonyl (C=O) groups is 1. The van der Waals surface area contributed by atoms with Crippen molar-refractivity contribution in [3.8, 4) is 0 Å². The van der Waals surface area contributed by atoms with E-state index in [-0.39, 0.29) is 11.5 Å². The summed E-state index contributed by atoms with van der Waals surface area (Å²) in [6.45, 7) is 0.351. The number of benzene rings is 3. The molecule has 0 atom stereocenters. The van der Waals surface area contributed by atoms with Gasteiger partial charge >= 0.3 is 6.09 Å². The van der Waals surface area contributed by atoms with Gasteiger partial charge in [0, 0.05) is 29.8 Å². The average molecular weight is 434 g/mol. The third kappa shape index (κ3) is 3.96. The van der Waals surface area contributed by atoms with Crippen molar-refractivity contribution in [1.82, 2.24) is 9.13 Å². The highest BCUT2D eigenvalue weighted by molar-refractivity contribution is 5.90. The minimum absolute atomic E-state index is 0.0110. The summed E-state index contributed by atoms with van der Waals surface area (Å²) in [5.74, 6) is -0.0110. The number of hydrogen-bond acceptors (Lipinski definition) is 2. The van der Waals surface area contributed by atoms with Gasteiger partial charge in [-0.25, -0.2) is 4.79 Å². The molecule has 0 fully saturated rings. The van der Waals surface area contributed by atoms with Gasteiger partial charge in [0.05, 0.1) is 12.1 Å². The Morgan fingerprint density at radius 3 is 2.06 bits per heavy atom. The number of aromatic nitrogens is 2. The van der Waals surface area contributed by atoms with Crippen LogP contribution < -0.4 is 5.56 Å². The van der Waals surface area contributed by atoms with Crippen LogP contribution in [0.2, 0.25) is 0 Å². The second kappa shape index (κ2) is 8.63. The molecule has 0 radical (unpaired) electrons. The van der Waals surface area contributed by atoms with Crippen molar-refractivity contribution in [3.05, 3.63) is 142 Å². The first kappa shape index (κ1) is 20.5. The number of fused-ring (bicyclic) bond motifs is 1. The highest BCUT2D eigenvalue weighted by Crippen LogP contribution is 2.31. The lowest BCUT2D eigenvalue weighted by atomic mass is 9.86. The van der Waals surface area contributed by atoms with Crippen molar-refractivity contribution in [2.24, 2.45) is 0 Å². The summed E-state index contributed by atoms with van der Waals surface area (Å²) in [6, 6.07) is 31.3. The van der Waals surface area contributed by atoms with E-state index in [1.165, 1.54) is 10.8 Å². The molecule has 0 aliphatic heterocycles. The Balaban J connectivity index is 1.59. The molecule has 1 N–H and O–H groups in total. The van der Waals surface area contributed by atoms with Gasteiger partial charge in [0.2, 0.25) is 0 Å². The first-order chi connectivity index (χ1) is 16.1. The summed E-state index contributed by atoms with van der Waals surface area (Å²) in [5.41, 5.74) is 4.71. The van der Waals surface area contributed by atoms with Gasteiger partial charge in [-0.3, -0.25) is 9.36 Å². The first-order valence-corrected chi connectivity index (χ1v) is 10.7. The lowest BCUT2D eigenvalue weighted by Gasteiger charge is -2.20. The molecule has 5 rings (SSSR count). The number of rotatable bonds is 5. The maximum atomic E-state index is 12.8. The molecule has 5 aromatic rings. The molecule has 162 valence electrons. The summed E-state index contributed by atoms with van der Waals surface area (Å²) in [5, 5.41) is 10.2. The maximum Gasteiger partial charge on any atom is 0.415 e. The van der Waals surface area contributed by atoms with Crippen molar-refractivity contribution in [2.45, 2.75) is 12.5 Å². The van der Waals surface area contributed by atoms with Crippen LogP contribution in [0.3, 0.4) is 0 Å². The smallest absolute Gasteiger partial charge is 0.415 e. The van der Waals surface area contributed by atoms with Gasteiger partial charge in [-0.05, 0) is 34.4 Å². The van der Waals surface area contributed by atoms with Crippen molar-refractivity contribution < 1.29 is 9.90 Å². The summed E-state index contributed by atoms with van der Waals surface area (Å²) in [4.78, 5) is 24.3. The lowest BCUT2D eigenvalue weighted by Crippen LogP contribution is -2.21. The molecule has 0 unspecified atom stereocenters. The molecule has 0 saturated carbocycles. The second-order valence-corrected chi connectivity index (χ2v) is 8.00. The fraction of sp³-hybridized carbons (Fsp3) is 0.0714. The van der Waals surface area contributed by atoms with E-state index < -0.39 is 6.09 Å². The summed E-state index contributed by atoms with van der Waals surface area (Å²) in [7, 11) is 0. The quantitative estimate of drug-likeness (QED) is 0.394. The summed E-state index contributed by atoms with van der Waals surface area (Å²) < 4.78 is 2.89. The Bertz CT molecular complexity index is 1440. The largest absolute Gasteiger partial charge is 0.464 e. The minimum Gasteiger partial charge on any atom is -0.464 e. The van der Waals surface area contributed by atoms with Crippen LogP contribution >= 0.6 is 0 Å². The monoisotopic (exact) mass is 434 g/mol. The standard InChI is InChI=1S/C28H22N2O3/c31-26-15-14-23(27(20-8-3-1-4-9-20)21-10-5-2-6-11-21)19-29(26)18-22-12-7-13-25-24(22)16-17-30(25)28(32)33/h1-17,19,27H,18H2,(H,32,33). The van der Waals surface area contributed by atoms with Crippen molar-refractivity contribution >= 4 is 17.0 Å². The molecular weight excluding hydrogens is 412 g/mol. The minimum atomic E-state index is -1.03. The van der Waals surface area contributed by atoms with Crippen LogP contribution in [-0.4, -0.2) is 20.3 Å². The van der Waals surface area contributed by atoms with E-state index in [2.05, 4.69) is 24.3 Å². The van der Waals surface area contributed by atoms with Crippen molar-refractivity contribution in [3.63, 3.8) is 0 Å². The fourth-order valence-electron chi connectivity index (χ4n) is 4.43. The molecule has 0 aliphatic rings. The Morgan fingerprint density at radius 1 is 0.758 bits per heavy atom. The molecule has 2 heterocycles. The van der Waals surface area contributed by atoms with Crippen LogP contribution in [0.5, 0.6) is 0 Å². The first-order valence-electron chi connectivity index (χ1n) is 10.7. The molecule has 0 aliphatic carbocycles. The van der Waals surface area contributed by atoms with E-state index in [9.17, 15) is 14.7 Å². The SMILES string of the molecule is O=C(O)n1ccc2c(Cn3cc(C(c4ccccc4)c4ccccc4)ccc3=O)cccc21. The molecule has 5 heteroatoms. The normalized spacial score (nSPS) is 11.2. The predicted octanol–water partition coefficient (Wildman–Crippen LogP) is 5.56. The zero-order valence-corrected chi connectivity index (χ0v) is 17.8. The molecule has 0 bridgehead atoms. The zero-order chi connectivity index (χ0) is 22.8. The number of hydrogen-bond donors (Lipinski definition) is 1. The molecule has 0 spiro atoms. The highest BCUT2D eigenvalue weighted by atomic mass is 16.4. The Labute approximate surface area is 190 Å². The van der Waals surface area contributed by atoms with Gasteiger partial charge in [-0.1, -0.05) is 78.9 Å². The van der Waals surface area contributed by atoms with Crippen molar-refractivity contribution in [2.75, 3.05) is 0 Å². The Kier molecular flexibility index (Phi) is 5.37. The van der Waals surface area contributed by atoms with Gasteiger partial charge in [0.1, 0.15) is 0 Å². The predicted molar refractivity (Wildman–Crippen MR) is 129 cm³/mol. The van der Waals surface area contributed by atoms with E-state index in [0.29, 0.717) is 12.1 Å². The third-order valence-corrected chi connectivity index (χ3v) is 5.98. The van der Waals surface area contributed by atoms with Gasteiger partial charge in [0.25, 0.3) is 5.56 Å². The van der Waals surface area contributed by atoms with E-state index in [1.807, 2.05) is 60.8 Å². The topological polar surface area (TPSA) is 64.2 Å². The Morgan fingerprint density at radius 2 is 1.42 bits per heavy atom. The highest BCUT2D eigenvalue weighted by Gasteiger charge is 2.18. The molecule has 5 nitrogen and oxygen atoms in total. The second-order valence-electron chi connectivity index (χ2n) is 8.00. The summed E-state index contributed by atoms with van der Waals surface area (Å²) >= 11 is 0. The fourth-order valence-corrected chi connectivity index (χ4v) is 4.43. The third-order valence-electron chi connectivity index (χ3n) is 5.98. The molecule has 3 aromatic carbocycles. The van der Waals surface area contributed by atoms with Crippen molar-refractivity contribution in [1.29, 1.82) is 0 Å².